The van der Waals surface area contributed by atoms with Crippen LogP contribution in [0.25, 0.3) is 0 Å². The third kappa shape index (κ3) is 5.83. The second kappa shape index (κ2) is 7.97. The highest BCUT2D eigenvalue weighted by atomic mass is 32.2. The van der Waals surface area contributed by atoms with Crippen molar-refractivity contribution in [2.24, 2.45) is 0 Å². The van der Waals surface area contributed by atoms with Gasteiger partial charge in [0.25, 0.3) is 0 Å². The van der Waals surface area contributed by atoms with Crippen molar-refractivity contribution in [3.8, 4) is 0 Å². The van der Waals surface area contributed by atoms with Crippen LogP contribution in [-0.2, 0) is 0 Å². The smallest absolute Gasteiger partial charge is 0.0438 e. The molecule has 0 radical (unpaired) electrons. The van der Waals surface area contributed by atoms with Gasteiger partial charge < -0.3 is 10.4 Å². The van der Waals surface area contributed by atoms with Crippen molar-refractivity contribution < 1.29 is 5.11 Å². The van der Waals surface area contributed by atoms with E-state index in [0.717, 1.165) is 24.8 Å². The van der Waals surface area contributed by atoms with Crippen molar-refractivity contribution in [3.05, 3.63) is 0 Å². The van der Waals surface area contributed by atoms with Gasteiger partial charge in [-0.25, -0.2) is 0 Å². The molecule has 1 fully saturated rings. The summed E-state index contributed by atoms with van der Waals surface area (Å²) >= 11 is 3.98. The molecule has 2 N–H and O–H groups in total. The van der Waals surface area contributed by atoms with Gasteiger partial charge in [0.1, 0.15) is 0 Å². The van der Waals surface area contributed by atoms with E-state index in [1.807, 2.05) is 11.8 Å². The van der Waals surface area contributed by atoms with Crippen molar-refractivity contribution in [2.75, 3.05) is 36.2 Å². The lowest BCUT2D eigenvalue weighted by Gasteiger charge is -2.10. The maximum atomic E-state index is 8.56. The van der Waals surface area contributed by atoms with Gasteiger partial charge in [0.05, 0.1) is 0 Å². The number of rotatable bonds is 7. The number of thioether (sulfide) groups is 2. The van der Waals surface area contributed by atoms with E-state index in [0.29, 0.717) is 6.61 Å². The zero-order valence-corrected chi connectivity index (χ0v) is 9.63. The summed E-state index contributed by atoms with van der Waals surface area (Å²) in [7, 11) is 0. The van der Waals surface area contributed by atoms with Gasteiger partial charge in [0.15, 0.2) is 0 Å². The minimum atomic E-state index is 0.333. The summed E-state index contributed by atoms with van der Waals surface area (Å²) in [5, 5.41) is 12.1. The molecule has 0 saturated carbocycles. The number of hydrogen-bond acceptors (Lipinski definition) is 4. The Morgan fingerprint density at radius 2 is 2.38 bits per heavy atom. The average Bonchev–Trinajstić information content (AvgIpc) is 2.63. The Kier molecular flexibility index (Phi) is 7.17. The van der Waals surface area contributed by atoms with Gasteiger partial charge in [-0.15, -0.1) is 0 Å². The summed E-state index contributed by atoms with van der Waals surface area (Å²) in [4.78, 5) is 0. The molecule has 1 saturated heterocycles. The molecule has 0 amide bonds. The van der Waals surface area contributed by atoms with E-state index in [1.54, 1.807) is 0 Å². The molecule has 1 aliphatic heterocycles. The molecule has 0 aromatic rings. The molecule has 0 bridgehead atoms. The van der Waals surface area contributed by atoms with E-state index in [9.17, 15) is 0 Å². The predicted molar refractivity (Wildman–Crippen MR) is 62.8 cm³/mol. The van der Waals surface area contributed by atoms with Crippen molar-refractivity contribution in [3.63, 3.8) is 0 Å². The van der Waals surface area contributed by atoms with Gasteiger partial charge in [-0.2, -0.15) is 23.5 Å². The minimum Gasteiger partial charge on any atom is -0.396 e. The first kappa shape index (κ1) is 11.7. The molecular formula is C9H19NOS2. The Balaban J connectivity index is 1.78. The first-order valence-corrected chi connectivity index (χ1v) is 7.24. The molecule has 2 nitrogen and oxygen atoms in total. The van der Waals surface area contributed by atoms with Crippen LogP contribution in [0, 0.1) is 0 Å². The molecule has 1 aliphatic rings. The third-order valence-electron chi connectivity index (χ3n) is 2.06. The first-order chi connectivity index (χ1) is 6.43. The Morgan fingerprint density at radius 1 is 1.46 bits per heavy atom. The molecule has 4 heteroatoms. The van der Waals surface area contributed by atoms with Crippen LogP contribution >= 0.6 is 23.5 Å². The fourth-order valence-electron chi connectivity index (χ4n) is 1.30. The molecule has 1 atom stereocenters. The van der Waals surface area contributed by atoms with Crippen LogP contribution < -0.4 is 5.32 Å². The topological polar surface area (TPSA) is 32.3 Å². The van der Waals surface area contributed by atoms with E-state index in [-0.39, 0.29) is 0 Å². The van der Waals surface area contributed by atoms with E-state index in [2.05, 4.69) is 17.1 Å². The Bertz CT molecular complexity index is 118. The lowest BCUT2D eigenvalue weighted by Crippen LogP contribution is -2.30. The van der Waals surface area contributed by atoms with Crippen molar-refractivity contribution in [1.82, 2.24) is 5.32 Å². The van der Waals surface area contributed by atoms with Gasteiger partial charge >= 0.3 is 0 Å². The van der Waals surface area contributed by atoms with Gasteiger partial charge in [0.2, 0.25) is 0 Å². The zero-order valence-electron chi connectivity index (χ0n) is 8.00. The van der Waals surface area contributed by atoms with E-state index < -0.39 is 0 Å². The molecule has 1 rings (SSSR count). The number of hydrogen-bond donors (Lipinski definition) is 2. The van der Waals surface area contributed by atoms with Crippen LogP contribution in [0.5, 0.6) is 0 Å². The van der Waals surface area contributed by atoms with E-state index >= 15 is 0 Å². The molecule has 0 aromatic carbocycles. The van der Waals surface area contributed by atoms with Gasteiger partial charge in [-0.05, 0) is 24.3 Å². The second-order valence-electron chi connectivity index (χ2n) is 3.20. The fourth-order valence-corrected chi connectivity index (χ4v) is 3.29. The first-order valence-electron chi connectivity index (χ1n) is 4.93. The van der Waals surface area contributed by atoms with Crippen molar-refractivity contribution in [1.29, 1.82) is 0 Å². The Hall–Kier alpha value is 0.620. The molecule has 1 unspecified atom stereocenters. The van der Waals surface area contributed by atoms with Gasteiger partial charge in [-0.3, -0.25) is 0 Å². The number of aliphatic hydroxyl groups excluding tert-OH is 1. The van der Waals surface area contributed by atoms with Crippen molar-refractivity contribution >= 4 is 23.5 Å². The summed E-state index contributed by atoms with van der Waals surface area (Å²) in [6.45, 7) is 1.46. The molecule has 13 heavy (non-hydrogen) atoms. The monoisotopic (exact) mass is 221 g/mol. The second-order valence-corrected chi connectivity index (χ2v) is 5.58. The number of nitrogens with one attached hydrogen (secondary N) is 1. The average molecular weight is 221 g/mol. The van der Waals surface area contributed by atoms with Crippen LogP contribution in [0.4, 0.5) is 0 Å². The predicted octanol–water partition coefficient (Wildman–Crippen LogP) is 1.20. The normalized spacial score (nSPS) is 22.4. The summed E-state index contributed by atoms with van der Waals surface area (Å²) in [5.74, 6) is 4.90. The quantitative estimate of drug-likeness (QED) is 0.633. The highest BCUT2D eigenvalue weighted by Crippen LogP contribution is 2.16. The maximum absolute atomic E-state index is 8.56. The fraction of sp³-hybridized carbons (Fsp3) is 1.00. The minimum absolute atomic E-state index is 0.333. The summed E-state index contributed by atoms with van der Waals surface area (Å²) in [5.41, 5.74) is 0. The van der Waals surface area contributed by atoms with Gasteiger partial charge in [-0.1, -0.05) is 0 Å². The lowest BCUT2D eigenvalue weighted by molar-refractivity contribution is 0.296. The Morgan fingerprint density at radius 3 is 3.08 bits per heavy atom. The standard InChI is InChI=1S/C9H19NOS2/c11-4-1-5-12-7-3-10-9-2-6-13-8-9/h9-11H,1-8H2. The van der Waals surface area contributed by atoms with Crippen LogP contribution in [0.1, 0.15) is 12.8 Å². The molecular weight excluding hydrogens is 202 g/mol. The molecule has 0 aromatic heterocycles. The third-order valence-corrected chi connectivity index (χ3v) is 4.29. The summed E-state index contributed by atoms with van der Waals surface area (Å²) < 4.78 is 0. The van der Waals surface area contributed by atoms with Gasteiger partial charge in [0, 0.05) is 30.7 Å². The molecule has 0 aliphatic carbocycles. The van der Waals surface area contributed by atoms with E-state index in [4.69, 9.17) is 5.11 Å². The van der Waals surface area contributed by atoms with Crippen LogP contribution in [-0.4, -0.2) is 47.3 Å². The van der Waals surface area contributed by atoms with Crippen LogP contribution in [0.15, 0.2) is 0 Å². The van der Waals surface area contributed by atoms with E-state index in [1.165, 1.54) is 23.7 Å². The number of aliphatic hydroxyl groups is 1. The Labute approximate surface area is 89.2 Å². The summed E-state index contributed by atoms with van der Waals surface area (Å²) in [6, 6.07) is 0.767. The largest absolute Gasteiger partial charge is 0.396 e. The lowest BCUT2D eigenvalue weighted by atomic mass is 10.3. The highest BCUT2D eigenvalue weighted by molar-refractivity contribution is 7.99. The van der Waals surface area contributed by atoms with Crippen LogP contribution in [0.3, 0.4) is 0 Å². The van der Waals surface area contributed by atoms with Crippen LogP contribution in [0.2, 0.25) is 0 Å². The zero-order chi connectivity index (χ0) is 9.36. The summed E-state index contributed by atoms with van der Waals surface area (Å²) in [6.07, 6.45) is 2.27. The molecule has 1 heterocycles. The SMILES string of the molecule is OCCCSCCNC1CCSC1. The molecule has 78 valence electrons. The molecule has 0 spiro atoms. The van der Waals surface area contributed by atoms with Crippen molar-refractivity contribution in [2.45, 2.75) is 18.9 Å². The maximum Gasteiger partial charge on any atom is 0.0438 e. The highest BCUT2D eigenvalue weighted by Gasteiger charge is 2.13.